The fourth-order valence-electron chi connectivity index (χ4n) is 3.21. The zero-order chi connectivity index (χ0) is 14.3. The van der Waals surface area contributed by atoms with Crippen molar-refractivity contribution in [1.82, 2.24) is 5.32 Å². The number of hydrogen-bond acceptors (Lipinski definition) is 2. The first kappa shape index (κ1) is 13.2. The molecule has 2 unspecified atom stereocenters. The minimum atomic E-state index is -0.346. The second kappa shape index (κ2) is 4.93. The topological polar surface area (TPSA) is 49.4 Å². The van der Waals surface area contributed by atoms with E-state index in [9.17, 15) is 9.59 Å². The van der Waals surface area contributed by atoms with Crippen LogP contribution in [0, 0.1) is 5.92 Å². The van der Waals surface area contributed by atoms with Gasteiger partial charge in [0.05, 0.1) is 0 Å². The van der Waals surface area contributed by atoms with Crippen LogP contribution in [0.4, 0.5) is 5.69 Å². The van der Waals surface area contributed by atoms with Gasteiger partial charge in [-0.15, -0.1) is 0 Å². The number of carbonyl (C=O) groups excluding carboxylic acids is 2. The largest absolute Gasteiger partial charge is 0.344 e. The molecule has 0 bridgehead atoms. The van der Waals surface area contributed by atoms with Crippen molar-refractivity contribution in [2.24, 2.45) is 5.92 Å². The van der Waals surface area contributed by atoms with E-state index in [0.717, 1.165) is 12.2 Å². The van der Waals surface area contributed by atoms with Crippen LogP contribution in [0.15, 0.2) is 24.3 Å². The van der Waals surface area contributed by atoms with E-state index in [4.69, 9.17) is 0 Å². The molecule has 2 amide bonds. The van der Waals surface area contributed by atoms with E-state index >= 15 is 0 Å². The van der Waals surface area contributed by atoms with Crippen molar-refractivity contribution >= 4 is 17.5 Å². The summed E-state index contributed by atoms with van der Waals surface area (Å²) in [5, 5.41) is 2.78. The SMILES string of the molecule is CC(C)C1CN(C(=O)C2CCC(=O)N2)c2ccccc21. The van der Waals surface area contributed by atoms with Gasteiger partial charge >= 0.3 is 0 Å². The molecule has 1 aromatic carbocycles. The van der Waals surface area contributed by atoms with E-state index in [1.807, 2.05) is 23.1 Å². The van der Waals surface area contributed by atoms with E-state index < -0.39 is 0 Å². The first-order valence-corrected chi connectivity index (χ1v) is 7.27. The molecular weight excluding hydrogens is 252 g/mol. The van der Waals surface area contributed by atoms with E-state index in [-0.39, 0.29) is 17.9 Å². The molecule has 4 heteroatoms. The lowest BCUT2D eigenvalue weighted by Crippen LogP contribution is -2.44. The standard InChI is InChI=1S/C16H20N2O2/c1-10(2)12-9-18(14-6-4-3-5-11(12)14)16(20)13-7-8-15(19)17-13/h3-6,10,12-13H,7-9H2,1-2H3,(H,17,19). The average molecular weight is 272 g/mol. The predicted octanol–water partition coefficient (Wildman–Crippen LogP) is 2.05. The van der Waals surface area contributed by atoms with Crippen LogP contribution in [0.5, 0.6) is 0 Å². The van der Waals surface area contributed by atoms with Crippen LogP contribution < -0.4 is 10.2 Å². The van der Waals surface area contributed by atoms with E-state index in [1.165, 1.54) is 5.56 Å². The summed E-state index contributed by atoms with van der Waals surface area (Å²) >= 11 is 0. The Bertz CT molecular complexity index is 553. The Labute approximate surface area is 119 Å². The summed E-state index contributed by atoms with van der Waals surface area (Å²) in [6, 6.07) is 7.77. The van der Waals surface area contributed by atoms with Gasteiger partial charge in [-0.25, -0.2) is 0 Å². The van der Waals surface area contributed by atoms with Crippen LogP contribution >= 0.6 is 0 Å². The number of anilines is 1. The molecule has 1 N–H and O–H groups in total. The summed E-state index contributed by atoms with van der Waals surface area (Å²) in [7, 11) is 0. The maximum absolute atomic E-state index is 12.6. The monoisotopic (exact) mass is 272 g/mol. The lowest BCUT2D eigenvalue weighted by atomic mass is 9.90. The molecule has 2 atom stereocenters. The van der Waals surface area contributed by atoms with Gasteiger partial charge in [0.15, 0.2) is 0 Å². The van der Waals surface area contributed by atoms with Gasteiger partial charge in [-0.05, 0) is 24.0 Å². The number of amides is 2. The number of para-hydroxylation sites is 1. The first-order chi connectivity index (χ1) is 9.58. The number of fused-ring (bicyclic) bond motifs is 1. The predicted molar refractivity (Wildman–Crippen MR) is 77.5 cm³/mol. The molecule has 0 saturated carbocycles. The van der Waals surface area contributed by atoms with Crippen molar-refractivity contribution in [2.75, 3.05) is 11.4 Å². The Morgan fingerprint density at radius 2 is 2.10 bits per heavy atom. The fraction of sp³-hybridized carbons (Fsp3) is 0.500. The molecule has 1 fully saturated rings. The summed E-state index contributed by atoms with van der Waals surface area (Å²) in [6.07, 6.45) is 1.07. The molecule has 0 spiro atoms. The molecule has 0 radical (unpaired) electrons. The van der Waals surface area contributed by atoms with Gasteiger partial charge in [0.2, 0.25) is 11.8 Å². The minimum absolute atomic E-state index is 0.0174. The molecule has 2 aliphatic heterocycles. The Morgan fingerprint density at radius 1 is 1.35 bits per heavy atom. The van der Waals surface area contributed by atoms with E-state index in [2.05, 4.69) is 25.2 Å². The average Bonchev–Trinajstić information content (AvgIpc) is 3.02. The van der Waals surface area contributed by atoms with Gasteiger partial charge in [0, 0.05) is 24.6 Å². The maximum Gasteiger partial charge on any atom is 0.249 e. The number of nitrogens with one attached hydrogen (secondary N) is 1. The zero-order valence-electron chi connectivity index (χ0n) is 11.9. The van der Waals surface area contributed by atoms with Gasteiger partial charge in [-0.1, -0.05) is 32.0 Å². The molecule has 2 heterocycles. The Balaban J connectivity index is 1.88. The lowest BCUT2D eigenvalue weighted by Gasteiger charge is -2.22. The highest BCUT2D eigenvalue weighted by atomic mass is 16.2. The number of nitrogens with zero attached hydrogens (tertiary/aromatic N) is 1. The van der Waals surface area contributed by atoms with E-state index in [1.54, 1.807) is 0 Å². The van der Waals surface area contributed by atoms with Crippen LogP contribution in [-0.2, 0) is 9.59 Å². The van der Waals surface area contributed by atoms with Crippen molar-refractivity contribution in [2.45, 2.75) is 38.6 Å². The highest BCUT2D eigenvalue weighted by molar-refractivity contribution is 6.02. The van der Waals surface area contributed by atoms with Crippen LogP contribution in [-0.4, -0.2) is 24.4 Å². The summed E-state index contributed by atoms with van der Waals surface area (Å²) < 4.78 is 0. The molecule has 2 aliphatic rings. The van der Waals surface area contributed by atoms with Gasteiger partial charge in [0.1, 0.15) is 6.04 Å². The third-order valence-corrected chi connectivity index (χ3v) is 4.37. The summed E-state index contributed by atoms with van der Waals surface area (Å²) in [5.74, 6) is 0.891. The molecule has 4 nitrogen and oxygen atoms in total. The number of hydrogen-bond donors (Lipinski definition) is 1. The molecule has 106 valence electrons. The van der Waals surface area contributed by atoms with Gasteiger partial charge in [-0.2, -0.15) is 0 Å². The number of benzene rings is 1. The third kappa shape index (κ3) is 2.09. The summed E-state index contributed by atoms with van der Waals surface area (Å²) in [6.45, 7) is 5.10. The number of rotatable bonds is 2. The van der Waals surface area contributed by atoms with Crippen molar-refractivity contribution < 1.29 is 9.59 Å². The Morgan fingerprint density at radius 3 is 2.75 bits per heavy atom. The molecule has 3 rings (SSSR count). The first-order valence-electron chi connectivity index (χ1n) is 7.27. The van der Waals surface area contributed by atoms with Crippen molar-refractivity contribution in [1.29, 1.82) is 0 Å². The third-order valence-electron chi connectivity index (χ3n) is 4.37. The van der Waals surface area contributed by atoms with Crippen LogP contribution in [0.25, 0.3) is 0 Å². The normalized spacial score (nSPS) is 24.9. The molecule has 0 aliphatic carbocycles. The maximum atomic E-state index is 12.6. The van der Waals surface area contributed by atoms with Gasteiger partial charge < -0.3 is 10.2 Å². The van der Waals surface area contributed by atoms with Crippen molar-refractivity contribution in [3.8, 4) is 0 Å². The molecule has 20 heavy (non-hydrogen) atoms. The molecular formula is C16H20N2O2. The molecule has 1 saturated heterocycles. The second-order valence-corrected chi connectivity index (χ2v) is 6.02. The second-order valence-electron chi connectivity index (χ2n) is 6.02. The van der Waals surface area contributed by atoms with Gasteiger partial charge in [0.25, 0.3) is 0 Å². The minimum Gasteiger partial charge on any atom is -0.344 e. The van der Waals surface area contributed by atoms with E-state index in [0.29, 0.717) is 24.7 Å². The van der Waals surface area contributed by atoms with Crippen LogP contribution in [0.2, 0.25) is 0 Å². The van der Waals surface area contributed by atoms with Crippen molar-refractivity contribution in [3.05, 3.63) is 29.8 Å². The van der Waals surface area contributed by atoms with Crippen molar-refractivity contribution in [3.63, 3.8) is 0 Å². The Hall–Kier alpha value is -1.84. The smallest absolute Gasteiger partial charge is 0.249 e. The highest BCUT2D eigenvalue weighted by Gasteiger charge is 2.38. The number of carbonyl (C=O) groups is 2. The van der Waals surface area contributed by atoms with Gasteiger partial charge in [-0.3, -0.25) is 9.59 Å². The van der Waals surface area contributed by atoms with Crippen LogP contribution in [0.1, 0.15) is 38.2 Å². The summed E-state index contributed by atoms with van der Waals surface area (Å²) in [5.41, 5.74) is 2.26. The Kier molecular flexibility index (Phi) is 3.24. The van der Waals surface area contributed by atoms with Crippen LogP contribution in [0.3, 0.4) is 0 Å². The summed E-state index contributed by atoms with van der Waals surface area (Å²) in [4.78, 5) is 25.8. The quantitative estimate of drug-likeness (QED) is 0.895. The lowest BCUT2D eigenvalue weighted by molar-refractivity contribution is -0.124. The fourth-order valence-corrected chi connectivity index (χ4v) is 3.21. The zero-order valence-corrected chi connectivity index (χ0v) is 11.9. The molecule has 1 aromatic rings. The molecule has 0 aromatic heterocycles. The highest BCUT2D eigenvalue weighted by Crippen LogP contribution is 2.40.